The van der Waals surface area contributed by atoms with Crippen LogP contribution in [0.4, 0.5) is 11.5 Å². The van der Waals surface area contributed by atoms with Crippen LogP contribution in [0.3, 0.4) is 0 Å². The van der Waals surface area contributed by atoms with Crippen molar-refractivity contribution in [3.05, 3.63) is 24.4 Å². The fourth-order valence-electron chi connectivity index (χ4n) is 3.61. The van der Waals surface area contributed by atoms with Crippen LogP contribution in [0, 0.1) is 5.92 Å². The van der Waals surface area contributed by atoms with Crippen LogP contribution >= 0.6 is 0 Å². The summed E-state index contributed by atoms with van der Waals surface area (Å²) >= 11 is 0. The normalized spacial score (nSPS) is 15.8. The van der Waals surface area contributed by atoms with Gasteiger partial charge in [0.1, 0.15) is 11.6 Å². The molecule has 24 heavy (non-hydrogen) atoms. The second-order valence-corrected chi connectivity index (χ2v) is 6.72. The molecule has 1 aliphatic rings. The van der Waals surface area contributed by atoms with Gasteiger partial charge in [-0.1, -0.05) is 6.92 Å². The largest absolute Gasteiger partial charge is 0.497 e. The van der Waals surface area contributed by atoms with Crippen molar-refractivity contribution in [3.63, 3.8) is 0 Å². The lowest BCUT2D eigenvalue weighted by Crippen LogP contribution is -2.33. The molecule has 4 heteroatoms. The predicted molar refractivity (Wildman–Crippen MR) is 102 cm³/mol. The van der Waals surface area contributed by atoms with Crippen molar-refractivity contribution < 1.29 is 4.74 Å². The summed E-state index contributed by atoms with van der Waals surface area (Å²) in [6, 6.07) is 6.37. The molecule has 1 saturated heterocycles. The molecule has 1 fully saturated rings. The number of nitrogens with zero attached hydrogens (tertiary/aromatic N) is 3. The van der Waals surface area contributed by atoms with Crippen molar-refractivity contribution in [2.45, 2.75) is 33.6 Å². The van der Waals surface area contributed by atoms with E-state index in [9.17, 15) is 0 Å². The second kappa shape index (κ2) is 7.29. The van der Waals surface area contributed by atoms with Crippen LogP contribution in [0.1, 0.15) is 33.6 Å². The highest BCUT2D eigenvalue weighted by atomic mass is 16.5. The van der Waals surface area contributed by atoms with Gasteiger partial charge in [-0.3, -0.25) is 0 Å². The molecule has 0 bridgehead atoms. The van der Waals surface area contributed by atoms with Gasteiger partial charge in [-0.25, -0.2) is 4.98 Å². The summed E-state index contributed by atoms with van der Waals surface area (Å²) < 4.78 is 5.47. The van der Waals surface area contributed by atoms with Crippen molar-refractivity contribution in [1.82, 2.24) is 4.98 Å². The number of aromatic nitrogens is 1. The standard InChI is InChI=1S/C20H29N3O/c1-5-22(6-2)19-14-21-20(23-11-9-15(3)10-12-23)18-13-16(24-4)7-8-17(18)19/h7-8,13-15H,5-6,9-12H2,1-4H3. The Morgan fingerprint density at radius 1 is 1.17 bits per heavy atom. The maximum absolute atomic E-state index is 5.47. The number of ether oxygens (including phenoxy) is 1. The molecule has 0 atom stereocenters. The van der Waals surface area contributed by atoms with Crippen LogP contribution < -0.4 is 14.5 Å². The lowest BCUT2D eigenvalue weighted by molar-refractivity contribution is 0.415. The molecule has 130 valence electrons. The van der Waals surface area contributed by atoms with Gasteiger partial charge in [-0.2, -0.15) is 0 Å². The Morgan fingerprint density at radius 3 is 2.50 bits per heavy atom. The SMILES string of the molecule is CCN(CC)c1cnc(N2CCC(C)CC2)c2cc(OC)ccc12. The third kappa shape index (κ3) is 3.14. The fraction of sp³-hybridized carbons (Fsp3) is 0.550. The molecule has 0 amide bonds. The van der Waals surface area contributed by atoms with Crippen molar-refractivity contribution >= 4 is 22.3 Å². The highest BCUT2D eigenvalue weighted by Crippen LogP contribution is 2.36. The summed E-state index contributed by atoms with van der Waals surface area (Å²) in [7, 11) is 1.73. The molecule has 0 saturated carbocycles. The van der Waals surface area contributed by atoms with Crippen molar-refractivity contribution in [1.29, 1.82) is 0 Å². The molecule has 1 aromatic heterocycles. The summed E-state index contributed by atoms with van der Waals surface area (Å²) in [5, 5.41) is 2.47. The van der Waals surface area contributed by atoms with E-state index in [0.717, 1.165) is 43.7 Å². The molecule has 0 spiro atoms. The van der Waals surface area contributed by atoms with E-state index < -0.39 is 0 Å². The summed E-state index contributed by atoms with van der Waals surface area (Å²) in [4.78, 5) is 9.68. The van der Waals surface area contributed by atoms with Crippen LogP contribution in [0.15, 0.2) is 24.4 Å². The maximum Gasteiger partial charge on any atom is 0.136 e. The van der Waals surface area contributed by atoms with E-state index in [0.29, 0.717) is 0 Å². The zero-order valence-corrected chi connectivity index (χ0v) is 15.4. The van der Waals surface area contributed by atoms with E-state index in [4.69, 9.17) is 9.72 Å². The first-order valence-electron chi connectivity index (χ1n) is 9.14. The first-order valence-corrected chi connectivity index (χ1v) is 9.14. The summed E-state index contributed by atoms with van der Waals surface area (Å²) in [6.45, 7) is 10.9. The molecular weight excluding hydrogens is 298 g/mol. The zero-order valence-electron chi connectivity index (χ0n) is 15.4. The number of hydrogen-bond donors (Lipinski definition) is 0. The molecule has 2 aromatic rings. The number of piperidine rings is 1. The van der Waals surface area contributed by atoms with Gasteiger partial charge in [-0.05, 0) is 50.8 Å². The van der Waals surface area contributed by atoms with Crippen LogP contribution in [0.25, 0.3) is 10.8 Å². The van der Waals surface area contributed by atoms with Gasteiger partial charge in [0.2, 0.25) is 0 Å². The van der Waals surface area contributed by atoms with Gasteiger partial charge in [-0.15, -0.1) is 0 Å². The van der Waals surface area contributed by atoms with Gasteiger partial charge in [0, 0.05) is 37.0 Å². The van der Waals surface area contributed by atoms with E-state index in [-0.39, 0.29) is 0 Å². The van der Waals surface area contributed by atoms with E-state index >= 15 is 0 Å². The van der Waals surface area contributed by atoms with E-state index in [1.54, 1.807) is 7.11 Å². The van der Waals surface area contributed by atoms with Crippen LogP contribution in [-0.2, 0) is 0 Å². The molecule has 0 aliphatic carbocycles. The van der Waals surface area contributed by atoms with Crippen molar-refractivity contribution in [2.75, 3.05) is 43.1 Å². The summed E-state index contributed by atoms with van der Waals surface area (Å²) in [5.41, 5.74) is 1.21. The van der Waals surface area contributed by atoms with Crippen LogP contribution in [-0.4, -0.2) is 38.3 Å². The second-order valence-electron chi connectivity index (χ2n) is 6.72. The van der Waals surface area contributed by atoms with Crippen LogP contribution in [0.2, 0.25) is 0 Å². The zero-order chi connectivity index (χ0) is 17.1. The Morgan fingerprint density at radius 2 is 1.88 bits per heavy atom. The Balaban J connectivity index is 2.11. The number of methoxy groups -OCH3 is 1. The van der Waals surface area contributed by atoms with E-state index in [1.807, 2.05) is 0 Å². The van der Waals surface area contributed by atoms with Gasteiger partial charge in [0.25, 0.3) is 0 Å². The topological polar surface area (TPSA) is 28.6 Å². The maximum atomic E-state index is 5.47. The number of benzene rings is 1. The number of pyridine rings is 1. The summed E-state index contributed by atoms with van der Waals surface area (Å²) in [6.07, 6.45) is 4.53. The fourth-order valence-corrected chi connectivity index (χ4v) is 3.61. The highest BCUT2D eigenvalue weighted by molar-refractivity contribution is 6.01. The first kappa shape index (κ1) is 16.9. The monoisotopic (exact) mass is 327 g/mol. The molecule has 2 heterocycles. The Hall–Kier alpha value is -1.97. The predicted octanol–water partition coefficient (Wildman–Crippen LogP) is 4.33. The van der Waals surface area contributed by atoms with E-state index in [1.165, 1.54) is 29.3 Å². The Labute approximate surface area is 145 Å². The number of rotatable bonds is 5. The third-order valence-electron chi connectivity index (χ3n) is 5.24. The van der Waals surface area contributed by atoms with Gasteiger partial charge >= 0.3 is 0 Å². The molecular formula is C20H29N3O. The number of anilines is 2. The molecule has 0 N–H and O–H groups in total. The third-order valence-corrected chi connectivity index (χ3v) is 5.24. The Bertz CT molecular complexity index is 689. The number of fused-ring (bicyclic) bond motifs is 1. The molecule has 1 aromatic carbocycles. The molecule has 0 unspecified atom stereocenters. The lowest BCUT2D eigenvalue weighted by Gasteiger charge is -2.33. The molecule has 4 nitrogen and oxygen atoms in total. The van der Waals surface area contributed by atoms with Gasteiger partial charge in [0.05, 0.1) is 19.0 Å². The average molecular weight is 327 g/mol. The quantitative estimate of drug-likeness (QED) is 0.817. The highest BCUT2D eigenvalue weighted by Gasteiger charge is 2.21. The molecule has 1 aliphatic heterocycles. The minimum Gasteiger partial charge on any atom is -0.497 e. The minimum absolute atomic E-state index is 0.817. The Kier molecular flexibility index (Phi) is 5.12. The van der Waals surface area contributed by atoms with E-state index in [2.05, 4.69) is 55.0 Å². The van der Waals surface area contributed by atoms with Gasteiger partial charge in [0.15, 0.2) is 0 Å². The minimum atomic E-state index is 0.817. The first-order chi connectivity index (χ1) is 11.7. The number of hydrogen-bond acceptors (Lipinski definition) is 4. The average Bonchev–Trinajstić information content (AvgIpc) is 2.63. The van der Waals surface area contributed by atoms with Crippen molar-refractivity contribution in [3.8, 4) is 5.75 Å². The van der Waals surface area contributed by atoms with Crippen LogP contribution in [0.5, 0.6) is 5.75 Å². The summed E-state index contributed by atoms with van der Waals surface area (Å²) in [5.74, 6) is 2.82. The lowest BCUT2D eigenvalue weighted by atomic mass is 9.98. The van der Waals surface area contributed by atoms with Gasteiger partial charge < -0.3 is 14.5 Å². The molecule has 3 rings (SSSR count). The molecule has 0 radical (unpaired) electrons. The smallest absolute Gasteiger partial charge is 0.136 e. The van der Waals surface area contributed by atoms with Crippen molar-refractivity contribution in [2.24, 2.45) is 5.92 Å².